The third-order valence-corrected chi connectivity index (χ3v) is 6.59. The van der Waals surface area contributed by atoms with Crippen LogP contribution in [0, 0.1) is 0 Å². The number of nitrogens with one attached hydrogen (secondary N) is 2. The summed E-state index contributed by atoms with van der Waals surface area (Å²) in [5.41, 5.74) is 3.53. The minimum absolute atomic E-state index is 0.497. The maximum atomic E-state index is 6.34. The number of furan rings is 1. The van der Waals surface area contributed by atoms with E-state index in [0.29, 0.717) is 25.0 Å². The largest absolute Gasteiger partial charge is 0.454 e. The highest BCUT2D eigenvalue weighted by Gasteiger charge is 2.23. The number of piperazine rings is 1. The molecule has 0 aliphatic carbocycles. The smallest absolute Gasteiger partial charge is 0.231 e. The lowest BCUT2D eigenvalue weighted by molar-refractivity contribution is 0.122. The third kappa shape index (κ3) is 4.86. The van der Waals surface area contributed by atoms with Crippen molar-refractivity contribution in [3.63, 3.8) is 0 Å². The van der Waals surface area contributed by atoms with Gasteiger partial charge in [0.15, 0.2) is 17.2 Å². The van der Waals surface area contributed by atoms with Crippen molar-refractivity contribution < 1.29 is 9.15 Å². The maximum Gasteiger partial charge on any atom is 0.231 e. The minimum Gasteiger partial charge on any atom is -0.454 e. The molecule has 2 saturated heterocycles. The number of rotatable bonds is 6. The first-order chi connectivity index (χ1) is 17.2. The van der Waals surface area contributed by atoms with Gasteiger partial charge in [-0.05, 0) is 12.6 Å². The number of hydrogen-bond acceptors (Lipinski definition) is 9. The summed E-state index contributed by atoms with van der Waals surface area (Å²) in [6, 6.07) is 14.1. The highest BCUT2D eigenvalue weighted by molar-refractivity contribution is 5.86. The lowest BCUT2D eigenvalue weighted by Crippen LogP contribution is -2.43. The lowest BCUT2D eigenvalue weighted by Gasteiger charge is -2.31. The van der Waals surface area contributed by atoms with E-state index >= 15 is 0 Å². The van der Waals surface area contributed by atoms with Gasteiger partial charge >= 0.3 is 0 Å². The molecule has 1 aromatic carbocycles. The van der Waals surface area contributed by atoms with Gasteiger partial charge in [-0.25, -0.2) is 4.98 Å². The number of H-pyrrole nitrogens is 1. The number of anilines is 3. The number of ether oxygens (including phenoxy) is 1. The SMILES string of the molecule is CN1CCN(Cc2cc3nc(Nc4cc(-c5ccccc5)[nH]n4)nc(N4CCOCC4)c3o2)CC1. The van der Waals surface area contributed by atoms with Gasteiger partial charge in [0.05, 0.1) is 25.5 Å². The number of hydrogen-bond donors (Lipinski definition) is 2. The molecule has 10 heteroatoms. The minimum atomic E-state index is 0.497. The van der Waals surface area contributed by atoms with E-state index < -0.39 is 0 Å². The van der Waals surface area contributed by atoms with E-state index in [1.54, 1.807) is 0 Å². The summed E-state index contributed by atoms with van der Waals surface area (Å²) in [6.45, 7) is 7.85. The van der Waals surface area contributed by atoms with Crippen LogP contribution >= 0.6 is 0 Å². The molecule has 10 nitrogen and oxygen atoms in total. The normalized spacial score (nSPS) is 17.8. The molecule has 2 aliphatic rings. The fourth-order valence-corrected chi connectivity index (χ4v) is 4.58. The van der Waals surface area contributed by atoms with E-state index in [-0.39, 0.29) is 0 Å². The number of nitrogens with zero attached hydrogens (tertiary/aromatic N) is 6. The Morgan fingerprint density at radius 3 is 2.57 bits per heavy atom. The predicted octanol–water partition coefficient (Wildman–Crippen LogP) is 2.94. The number of likely N-dealkylation sites (N-methyl/N-ethyl adjacent to an activating group) is 1. The number of aromatic nitrogens is 4. The first-order valence-corrected chi connectivity index (χ1v) is 12.1. The molecule has 5 heterocycles. The Morgan fingerprint density at radius 2 is 1.77 bits per heavy atom. The summed E-state index contributed by atoms with van der Waals surface area (Å²) in [4.78, 5) is 16.6. The number of fused-ring (bicyclic) bond motifs is 1. The molecule has 0 atom stereocenters. The van der Waals surface area contributed by atoms with Crippen LogP contribution in [-0.2, 0) is 11.3 Å². The monoisotopic (exact) mass is 474 g/mol. The standard InChI is InChI=1S/C25H30N8O2/c1-31-7-9-32(10-8-31)17-19-15-21-23(35-19)24(33-11-13-34-14-12-33)28-25(26-21)27-22-16-20(29-30-22)18-5-3-2-4-6-18/h2-6,15-16H,7-14,17H2,1H3,(H2,26,27,28,29,30). The van der Waals surface area contributed by atoms with E-state index in [1.807, 2.05) is 42.5 Å². The van der Waals surface area contributed by atoms with Gasteiger partial charge in [-0.15, -0.1) is 0 Å². The van der Waals surface area contributed by atoms with Crippen LogP contribution in [0.2, 0.25) is 0 Å². The van der Waals surface area contributed by atoms with Gasteiger partial charge in [0.2, 0.25) is 5.95 Å². The van der Waals surface area contributed by atoms with Crippen LogP contribution < -0.4 is 10.2 Å². The molecule has 4 aromatic rings. The van der Waals surface area contributed by atoms with E-state index in [2.05, 4.69) is 37.3 Å². The number of benzene rings is 1. The van der Waals surface area contributed by atoms with Gasteiger partial charge in [0, 0.05) is 51.4 Å². The quantitative estimate of drug-likeness (QED) is 0.437. The summed E-state index contributed by atoms with van der Waals surface area (Å²) >= 11 is 0. The molecule has 35 heavy (non-hydrogen) atoms. The molecule has 2 aliphatic heterocycles. The molecule has 6 rings (SSSR count). The Kier molecular flexibility index (Phi) is 6.07. The van der Waals surface area contributed by atoms with Gasteiger partial charge < -0.3 is 24.3 Å². The van der Waals surface area contributed by atoms with Crippen LogP contribution in [0.25, 0.3) is 22.4 Å². The Bertz CT molecular complexity index is 1270. The molecule has 0 unspecified atom stereocenters. The Balaban J connectivity index is 1.29. The first-order valence-electron chi connectivity index (χ1n) is 12.1. The fourth-order valence-electron chi connectivity index (χ4n) is 4.58. The van der Waals surface area contributed by atoms with Crippen molar-refractivity contribution in [2.45, 2.75) is 6.54 Å². The van der Waals surface area contributed by atoms with Crippen molar-refractivity contribution in [3.8, 4) is 11.3 Å². The zero-order valence-corrected chi connectivity index (χ0v) is 19.9. The molecule has 0 saturated carbocycles. The lowest BCUT2D eigenvalue weighted by atomic mass is 10.2. The summed E-state index contributed by atoms with van der Waals surface area (Å²) in [5.74, 6) is 2.87. The highest BCUT2D eigenvalue weighted by Crippen LogP contribution is 2.31. The Hall–Kier alpha value is -3.47. The molecule has 0 bridgehead atoms. The zero-order chi connectivity index (χ0) is 23.6. The van der Waals surface area contributed by atoms with Crippen molar-refractivity contribution in [2.24, 2.45) is 0 Å². The van der Waals surface area contributed by atoms with Crippen molar-refractivity contribution in [3.05, 3.63) is 48.2 Å². The second-order valence-corrected chi connectivity index (χ2v) is 9.13. The van der Waals surface area contributed by atoms with Crippen LogP contribution in [0.15, 0.2) is 46.9 Å². The second kappa shape index (κ2) is 9.65. The molecule has 0 radical (unpaired) electrons. The molecule has 0 spiro atoms. The van der Waals surface area contributed by atoms with Gasteiger partial charge in [0.1, 0.15) is 11.3 Å². The van der Waals surface area contributed by atoms with Crippen molar-refractivity contribution in [2.75, 3.05) is 69.7 Å². The average molecular weight is 475 g/mol. The summed E-state index contributed by atoms with van der Waals surface area (Å²) < 4.78 is 11.9. The molecule has 182 valence electrons. The molecule has 2 fully saturated rings. The third-order valence-electron chi connectivity index (χ3n) is 6.59. The van der Waals surface area contributed by atoms with Crippen LogP contribution in [-0.4, -0.2) is 89.5 Å². The van der Waals surface area contributed by atoms with Crippen LogP contribution in [0.5, 0.6) is 0 Å². The predicted molar refractivity (Wildman–Crippen MR) is 135 cm³/mol. The van der Waals surface area contributed by atoms with Crippen LogP contribution in [0.4, 0.5) is 17.6 Å². The average Bonchev–Trinajstić information content (AvgIpc) is 3.53. The number of aromatic amines is 1. The topological polar surface area (TPSA) is 98.6 Å². The van der Waals surface area contributed by atoms with Crippen molar-refractivity contribution >= 4 is 28.7 Å². The highest BCUT2D eigenvalue weighted by atomic mass is 16.5. The molecular formula is C25H30N8O2. The van der Waals surface area contributed by atoms with Crippen molar-refractivity contribution in [1.29, 1.82) is 0 Å². The fraction of sp³-hybridized carbons (Fsp3) is 0.400. The molecule has 0 amide bonds. The first kappa shape index (κ1) is 22.0. The van der Waals surface area contributed by atoms with Crippen LogP contribution in [0.1, 0.15) is 5.76 Å². The van der Waals surface area contributed by atoms with Gasteiger partial charge in [0.25, 0.3) is 0 Å². The van der Waals surface area contributed by atoms with Gasteiger partial charge in [-0.3, -0.25) is 10.00 Å². The van der Waals surface area contributed by atoms with E-state index in [1.165, 1.54) is 0 Å². The summed E-state index contributed by atoms with van der Waals surface area (Å²) in [6.07, 6.45) is 0. The van der Waals surface area contributed by atoms with E-state index in [0.717, 1.165) is 79.7 Å². The maximum absolute atomic E-state index is 6.34. The van der Waals surface area contributed by atoms with Gasteiger partial charge in [-0.1, -0.05) is 30.3 Å². The molecular weight excluding hydrogens is 444 g/mol. The van der Waals surface area contributed by atoms with E-state index in [9.17, 15) is 0 Å². The van der Waals surface area contributed by atoms with Crippen LogP contribution in [0.3, 0.4) is 0 Å². The zero-order valence-electron chi connectivity index (χ0n) is 19.9. The Morgan fingerprint density at radius 1 is 0.971 bits per heavy atom. The summed E-state index contributed by atoms with van der Waals surface area (Å²) in [5, 5.41) is 10.8. The van der Waals surface area contributed by atoms with Gasteiger partial charge in [-0.2, -0.15) is 10.1 Å². The second-order valence-electron chi connectivity index (χ2n) is 9.13. The number of morpholine rings is 1. The van der Waals surface area contributed by atoms with Crippen molar-refractivity contribution in [1.82, 2.24) is 30.0 Å². The summed E-state index contributed by atoms with van der Waals surface area (Å²) in [7, 11) is 2.17. The Labute approximate surface area is 203 Å². The molecule has 2 N–H and O–H groups in total. The molecule has 3 aromatic heterocycles. The van der Waals surface area contributed by atoms with E-state index in [4.69, 9.17) is 19.1 Å².